The molecule has 3 unspecified atom stereocenters. The Labute approximate surface area is 166 Å². The van der Waals surface area contributed by atoms with Crippen LogP contribution in [0.4, 0.5) is 5.69 Å². The number of nitrogens with one attached hydrogen (secondary N) is 2. The molecule has 1 saturated heterocycles. The minimum absolute atomic E-state index is 0.0518. The number of anilines is 1. The van der Waals surface area contributed by atoms with Gasteiger partial charge in [0.1, 0.15) is 5.75 Å². The van der Waals surface area contributed by atoms with Crippen LogP contribution >= 0.6 is 0 Å². The number of carbonyl (C=O) groups is 1. The fraction of sp³-hybridized carbons (Fsp3) is 0.619. The number of guanidine groups is 1. The first kappa shape index (κ1) is 20.5. The molecule has 3 N–H and O–H groups in total. The molecule has 0 radical (unpaired) electrons. The third kappa shape index (κ3) is 5.38. The summed E-state index contributed by atoms with van der Waals surface area (Å²) in [7, 11) is 1.34. The Balaban J connectivity index is 1.77. The largest absolute Gasteiger partial charge is 0.506 e. The van der Waals surface area contributed by atoms with Gasteiger partial charge < -0.3 is 25.2 Å². The van der Waals surface area contributed by atoms with Crippen molar-refractivity contribution in [3.63, 3.8) is 0 Å². The highest BCUT2D eigenvalue weighted by Crippen LogP contribution is 2.26. The zero-order valence-corrected chi connectivity index (χ0v) is 16.7. The molecule has 0 bridgehead atoms. The average molecular weight is 389 g/mol. The van der Waals surface area contributed by atoms with Gasteiger partial charge in [-0.25, -0.2) is 4.79 Å². The molecule has 2 fully saturated rings. The van der Waals surface area contributed by atoms with Gasteiger partial charge >= 0.3 is 5.97 Å². The maximum atomic E-state index is 11.8. The monoisotopic (exact) mass is 389 g/mol. The zero-order chi connectivity index (χ0) is 19.9. The van der Waals surface area contributed by atoms with Crippen LogP contribution in [0.15, 0.2) is 23.2 Å². The number of esters is 1. The van der Waals surface area contributed by atoms with Crippen molar-refractivity contribution in [3.05, 3.63) is 23.8 Å². The summed E-state index contributed by atoms with van der Waals surface area (Å²) in [6, 6.07) is 4.92. The number of benzene rings is 1. The van der Waals surface area contributed by atoms with Gasteiger partial charge in [0.15, 0.2) is 5.96 Å². The van der Waals surface area contributed by atoms with E-state index < -0.39 is 5.97 Å². The number of rotatable bonds is 5. The maximum absolute atomic E-state index is 11.8. The molecule has 1 aromatic carbocycles. The second-order valence-electron chi connectivity index (χ2n) is 7.69. The molecule has 0 aromatic heterocycles. The minimum atomic E-state index is -0.449. The number of aromatic hydroxyl groups is 1. The third-order valence-corrected chi connectivity index (χ3v) is 5.58. The second kappa shape index (κ2) is 9.78. The van der Waals surface area contributed by atoms with Crippen LogP contribution in [0.25, 0.3) is 0 Å². The average Bonchev–Trinajstić information content (AvgIpc) is 3.22. The Hall–Kier alpha value is -2.28. The molecule has 0 amide bonds. The van der Waals surface area contributed by atoms with Gasteiger partial charge in [-0.05, 0) is 49.8 Å². The first-order valence-electron chi connectivity index (χ1n) is 10.2. The lowest BCUT2D eigenvalue weighted by Crippen LogP contribution is -2.44. The van der Waals surface area contributed by atoms with Gasteiger partial charge in [-0.15, -0.1) is 0 Å². The number of nitrogens with zero attached hydrogens (tertiary/aromatic N) is 1. The number of aliphatic imine (C=N–C) groups is 1. The van der Waals surface area contributed by atoms with Crippen LogP contribution in [-0.2, 0) is 9.47 Å². The van der Waals surface area contributed by atoms with E-state index >= 15 is 0 Å². The first-order chi connectivity index (χ1) is 13.6. The Bertz CT molecular complexity index is 701. The van der Waals surface area contributed by atoms with Crippen LogP contribution < -0.4 is 10.6 Å². The molecule has 28 heavy (non-hydrogen) atoms. The summed E-state index contributed by atoms with van der Waals surface area (Å²) < 4.78 is 10.5. The Kier molecular flexibility index (Phi) is 7.14. The first-order valence-corrected chi connectivity index (χ1v) is 10.2. The van der Waals surface area contributed by atoms with E-state index in [9.17, 15) is 9.90 Å². The van der Waals surface area contributed by atoms with E-state index in [1.54, 1.807) is 6.07 Å². The van der Waals surface area contributed by atoms with Crippen LogP contribution in [0.1, 0.15) is 55.8 Å². The smallest absolute Gasteiger partial charge is 0.337 e. The molecule has 1 aliphatic heterocycles. The Morgan fingerprint density at radius 2 is 2.11 bits per heavy atom. The zero-order valence-electron chi connectivity index (χ0n) is 16.7. The van der Waals surface area contributed by atoms with Gasteiger partial charge in [0.25, 0.3) is 0 Å². The van der Waals surface area contributed by atoms with Crippen LogP contribution in [0.5, 0.6) is 5.75 Å². The highest BCUT2D eigenvalue weighted by atomic mass is 16.5. The molecule has 3 atom stereocenters. The minimum Gasteiger partial charge on any atom is -0.506 e. The highest BCUT2D eigenvalue weighted by Gasteiger charge is 2.23. The number of ether oxygens (including phenoxy) is 2. The lowest BCUT2D eigenvalue weighted by atomic mass is 9.86. The molecule has 154 valence electrons. The van der Waals surface area contributed by atoms with E-state index in [2.05, 4.69) is 17.6 Å². The van der Waals surface area contributed by atoms with Gasteiger partial charge in [0.2, 0.25) is 0 Å². The van der Waals surface area contributed by atoms with E-state index in [0.29, 0.717) is 35.7 Å². The molecule has 7 nitrogen and oxygen atoms in total. The van der Waals surface area contributed by atoms with Crippen molar-refractivity contribution in [3.8, 4) is 5.75 Å². The summed E-state index contributed by atoms with van der Waals surface area (Å²) in [6.45, 7) is 3.61. The number of hydrogen-bond acceptors (Lipinski definition) is 5. The van der Waals surface area contributed by atoms with Crippen molar-refractivity contribution in [1.82, 2.24) is 5.32 Å². The number of phenols is 1. The van der Waals surface area contributed by atoms with Crippen LogP contribution in [0.2, 0.25) is 0 Å². The Morgan fingerprint density at radius 1 is 1.29 bits per heavy atom. The van der Waals surface area contributed by atoms with Crippen molar-refractivity contribution in [2.45, 2.75) is 57.6 Å². The van der Waals surface area contributed by atoms with Gasteiger partial charge in [0, 0.05) is 12.6 Å². The lowest BCUT2D eigenvalue weighted by Gasteiger charge is -2.31. The molecule has 0 spiro atoms. The number of methoxy groups -OCH3 is 1. The molecule has 1 aromatic rings. The Morgan fingerprint density at radius 3 is 2.82 bits per heavy atom. The molecule has 3 rings (SSSR count). The number of carbonyl (C=O) groups excluding carboxylic acids is 1. The van der Waals surface area contributed by atoms with Crippen molar-refractivity contribution in [2.75, 3.05) is 25.6 Å². The predicted molar refractivity (Wildman–Crippen MR) is 109 cm³/mol. The van der Waals surface area contributed by atoms with E-state index in [1.807, 2.05) is 0 Å². The van der Waals surface area contributed by atoms with Crippen molar-refractivity contribution >= 4 is 17.6 Å². The van der Waals surface area contributed by atoms with E-state index in [0.717, 1.165) is 25.9 Å². The molecule has 2 aliphatic rings. The summed E-state index contributed by atoms with van der Waals surface area (Å²) in [5.41, 5.74) is 0.789. The summed E-state index contributed by atoms with van der Waals surface area (Å²) in [5.74, 6) is 0.760. The SMILES string of the molecule is COC(=O)c1ccc(O)c(NC(=NCC2CCCO2)NC2CCCCC2C)c1. The van der Waals surface area contributed by atoms with E-state index in [-0.39, 0.29) is 11.9 Å². The van der Waals surface area contributed by atoms with Crippen LogP contribution in [0, 0.1) is 5.92 Å². The topological polar surface area (TPSA) is 92.2 Å². The fourth-order valence-electron chi connectivity index (χ4n) is 3.82. The molecule has 1 saturated carbocycles. The van der Waals surface area contributed by atoms with Crippen LogP contribution in [0.3, 0.4) is 0 Å². The fourth-order valence-corrected chi connectivity index (χ4v) is 3.82. The summed E-state index contributed by atoms with van der Waals surface area (Å²) in [4.78, 5) is 16.5. The standard InChI is InChI=1S/C21H31N3O4/c1-14-6-3-4-8-17(14)23-21(22-13-16-7-5-11-28-16)24-18-12-15(20(26)27-2)9-10-19(18)25/h9-10,12,14,16-17,25H,3-8,11,13H2,1-2H3,(H2,22,23,24). The second-order valence-corrected chi connectivity index (χ2v) is 7.69. The molecule has 1 aliphatic carbocycles. The van der Waals surface area contributed by atoms with Crippen molar-refractivity contribution in [2.24, 2.45) is 10.9 Å². The number of hydrogen-bond donors (Lipinski definition) is 3. The predicted octanol–water partition coefficient (Wildman–Crippen LogP) is 3.29. The lowest BCUT2D eigenvalue weighted by molar-refractivity contribution is 0.0601. The normalized spacial score (nSPS) is 25.4. The van der Waals surface area contributed by atoms with Gasteiger partial charge in [0.05, 0.1) is 31.0 Å². The molecule has 1 heterocycles. The summed E-state index contributed by atoms with van der Waals surface area (Å²) in [6.07, 6.45) is 6.96. The molecular weight excluding hydrogens is 358 g/mol. The summed E-state index contributed by atoms with van der Waals surface area (Å²) >= 11 is 0. The summed E-state index contributed by atoms with van der Waals surface area (Å²) in [5, 5.41) is 17.0. The highest BCUT2D eigenvalue weighted by molar-refractivity contribution is 5.97. The van der Waals surface area contributed by atoms with Crippen molar-refractivity contribution < 1.29 is 19.4 Å². The quantitative estimate of drug-likeness (QED) is 0.310. The van der Waals surface area contributed by atoms with Crippen LogP contribution in [-0.4, -0.2) is 49.4 Å². The number of phenolic OH excluding ortho intramolecular Hbond substituents is 1. The van der Waals surface area contributed by atoms with Gasteiger partial charge in [-0.1, -0.05) is 19.8 Å². The molecular formula is C21H31N3O4. The third-order valence-electron chi connectivity index (χ3n) is 5.58. The maximum Gasteiger partial charge on any atom is 0.337 e. The molecule has 7 heteroatoms. The van der Waals surface area contributed by atoms with E-state index in [1.165, 1.54) is 38.5 Å². The van der Waals surface area contributed by atoms with E-state index in [4.69, 9.17) is 14.5 Å². The van der Waals surface area contributed by atoms with Gasteiger partial charge in [-0.2, -0.15) is 0 Å². The van der Waals surface area contributed by atoms with Crippen molar-refractivity contribution in [1.29, 1.82) is 0 Å². The van der Waals surface area contributed by atoms with Gasteiger partial charge in [-0.3, -0.25) is 4.99 Å².